The maximum atomic E-state index is 12.6. The summed E-state index contributed by atoms with van der Waals surface area (Å²) in [6.45, 7) is 8.02. The molecule has 2 aromatic carbocycles. The number of aryl methyl sites for hydroxylation is 1. The minimum Gasteiger partial charge on any atom is -0.345 e. The van der Waals surface area contributed by atoms with Crippen molar-refractivity contribution >= 4 is 21.6 Å². The van der Waals surface area contributed by atoms with Crippen molar-refractivity contribution in [2.75, 3.05) is 11.3 Å². The Balaban J connectivity index is 2.25. The Morgan fingerprint density at radius 2 is 1.78 bits per heavy atom. The molecule has 1 atom stereocenters. The second kappa shape index (κ2) is 8.10. The van der Waals surface area contributed by atoms with Crippen LogP contribution in [0.15, 0.2) is 53.4 Å². The van der Waals surface area contributed by atoms with Gasteiger partial charge in [-0.25, -0.2) is 8.42 Å². The van der Waals surface area contributed by atoms with Crippen LogP contribution in [-0.2, 0) is 10.0 Å². The molecule has 4 N–H and O–H groups in total. The third-order valence-corrected chi connectivity index (χ3v) is 6.19. The van der Waals surface area contributed by atoms with Gasteiger partial charge in [0.05, 0.1) is 10.4 Å². The Morgan fingerprint density at radius 1 is 1.15 bits per heavy atom. The van der Waals surface area contributed by atoms with Crippen molar-refractivity contribution in [3.8, 4) is 0 Å². The number of hydrogen-bond acceptors (Lipinski definition) is 4. The number of carbonyl (C=O) groups is 1. The van der Waals surface area contributed by atoms with E-state index >= 15 is 0 Å². The highest BCUT2D eigenvalue weighted by atomic mass is 32.2. The Hall–Kier alpha value is -2.38. The molecule has 7 heteroatoms. The molecular formula is C20H27N3O3S. The summed E-state index contributed by atoms with van der Waals surface area (Å²) in [5, 5.41) is 2.91. The van der Waals surface area contributed by atoms with E-state index in [1.807, 2.05) is 39.8 Å². The molecule has 0 aliphatic carbocycles. The van der Waals surface area contributed by atoms with E-state index in [2.05, 4.69) is 10.0 Å². The van der Waals surface area contributed by atoms with Gasteiger partial charge >= 0.3 is 0 Å². The molecule has 0 aromatic heterocycles. The van der Waals surface area contributed by atoms with Gasteiger partial charge in [0.2, 0.25) is 0 Å². The highest BCUT2D eigenvalue weighted by Crippen LogP contribution is 2.19. The van der Waals surface area contributed by atoms with Gasteiger partial charge in [0.25, 0.3) is 15.9 Å². The zero-order chi connectivity index (χ0) is 20.2. The molecule has 0 aliphatic heterocycles. The molecule has 0 spiro atoms. The number of rotatable bonds is 7. The molecule has 27 heavy (non-hydrogen) atoms. The average Bonchev–Trinajstić information content (AvgIpc) is 2.63. The molecule has 0 radical (unpaired) electrons. The van der Waals surface area contributed by atoms with E-state index in [-0.39, 0.29) is 28.8 Å². The van der Waals surface area contributed by atoms with Crippen LogP contribution in [0.1, 0.15) is 36.7 Å². The normalized spacial score (nSPS) is 13.9. The van der Waals surface area contributed by atoms with Crippen LogP contribution in [0.5, 0.6) is 0 Å². The maximum Gasteiger partial charge on any atom is 0.261 e. The van der Waals surface area contributed by atoms with Crippen LogP contribution in [0.4, 0.5) is 5.69 Å². The Kier molecular flexibility index (Phi) is 6.28. The summed E-state index contributed by atoms with van der Waals surface area (Å²) in [5.41, 5.74) is 6.99. The minimum atomic E-state index is -3.80. The van der Waals surface area contributed by atoms with Crippen molar-refractivity contribution in [1.82, 2.24) is 5.32 Å². The lowest BCUT2D eigenvalue weighted by molar-refractivity contribution is 0.0883. The molecule has 2 aromatic rings. The van der Waals surface area contributed by atoms with Crippen molar-refractivity contribution < 1.29 is 13.2 Å². The fraction of sp³-hybridized carbons (Fsp3) is 0.350. The zero-order valence-electron chi connectivity index (χ0n) is 16.1. The fourth-order valence-electron chi connectivity index (χ4n) is 2.40. The Bertz CT molecular complexity index is 908. The number of anilines is 1. The second-order valence-electron chi connectivity index (χ2n) is 7.23. The summed E-state index contributed by atoms with van der Waals surface area (Å²) in [6, 6.07) is 13.0. The van der Waals surface area contributed by atoms with E-state index in [1.54, 1.807) is 24.3 Å². The standard InChI is InChI=1S/C20H27N3O3S/c1-14(2)20(4,13-21)22-19(24)16-6-5-7-18(12-16)27(25,26)23-17-10-8-15(3)9-11-17/h5-12,14,23H,13,21H2,1-4H3,(H,22,24). The average molecular weight is 390 g/mol. The number of hydrogen-bond donors (Lipinski definition) is 3. The molecule has 0 aliphatic rings. The summed E-state index contributed by atoms with van der Waals surface area (Å²) in [6.07, 6.45) is 0. The summed E-state index contributed by atoms with van der Waals surface area (Å²) < 4.78 is 27.8. The molecule has 1 unspecified atom stereocenters. The van der Waals surface area contributed by atoms with Gasteiger partial charge in [-0.2, -0.15) is 0 Å². The summed E-state index contributed by atoms with van der Waals surface area (Å²) in [5.74, 6) is -0.231. The number of benzene rings is 2. The van der Waals surface area contributed by atoms with Crippen LogP contribution in [-0.4, -0.2) is 26.4 Å². The number of carbonyl (C=O) groups excluding carboxylic acids is 1. The SMILES string of the molecule is Cc1ccc(NS(=O)(=O)c2cccc(C(=O)NC(C)(CN)C(C)C)c2)cc1. The topological polar surface area (TPSA) is 101 Å². The number of sulfonamides is 1. The predicted molar refractivity (Wildman–Crippen MR) is 108 cm³/mol. The Labute approximate surface area is 161 Å². The third-order valence-electron chi connectivity index (χ3n) is 4.81. The summed E-state index contributed by atoms with van der Waals surface area (Å²) in [7, 11) is -3.80. The molecular weight excluding hydrogens is 362 g/mol. The van der Waals surface area contributed by atoms with Crippen LogP contribution in [0, 0.1) is 12.8 Å². The fourth-order valence-corrected chi connectivity index (χ4v) is 3.51. The lowest BCUT2D eigenvalue weighted by atomic mass is 9.88. The lowest BCUT2D eigenvalue weighted by Crippen LogP contribution is -2.55. The van der Waals surface area contributed by atoms with Crippen LogP contribution in [0.25, 0.3) is 0 Å². The van der Waals surface area contributed by atoms with Crippen LogP contribution in [0.2, 0.25) is 0 Å². The summed E-state index contributed by atoms with van der Waals surface area (Å²) >= 11 is 0. The van der Waals surface area contributed by atoms with Crippen molar-refractivity contribution in [1.29, 1.82) is 0 Å². The third kappa shape index (κ3) is 5.08. The molecule has 0 fully saturated rings. The van der Waals surface area contributed by atoms with Gasteiger partial charge in [-0.15, -0.1) is 0 Å². The first-order valence-corrected chi connectivity index (χ1v) is 10.3. The van der Waals surface area contributed by atoms with Crippen molar-refractivity contribution in [2.24, 2.45) is 11.7 Å². The minimum absolute atomic E-state index is 0.0229. The first-order valence-electron chi connectivity index (χ1n) is 8.79. The maximum absolute atomic E-state index is 12.6. The molecule has 6 nitrogen and oxygen atoms in total. The van der Waals surface area contributed by atoms with E-state index < -0.39 is 15.6 Å². The van der Waals surface area contributed by atoms with E-state index in [0.29, 0.717) is 5.69 Å². The highest BCUT2D eigenvalue weighted by molar-refractivity contribution is 7.92. The molecule has 0 saturated carbocycles. The monoisotopic (exact) mass is 389 g/mol. The van der Waals surface area contributed by atoms with Crippen molar-refractivity contribution in [3.63, 3.8) is 0 Å². The van der Waals surface area contributed by atoms with E-state index in [9.17, 15) is 13.2 Å². The second-order valence-corrected chi connectivity index (χ2v) is 8.91. The molecule has 2 rings (SSSR count). The van der Waals surface area contributed by atoms with E-state index in [0.717, 1.165) is 5.56 Å². The van der Waals surface area contributed by atoms with Gasteiger partial charge in [0, 0.05) is 17.8 Å². The van der Waals surface area contributed by atoms with Gasteiger partial charge in [0.1, 0.15) is 0 Å². The van der Waals surface area contributed by atoms with Gasteiger partial charge in [-0.1, -0.05) is 37.6 Å². The molecule has 0 bridgehead atoms. The van der Waals surface area contributed by atoms with E-state index in [4.69, 9.17) is 5.73 Å². The van der Waals surface area contributed by atoms with Gasteiger partial charge in [-0.3, -0.25) is 9.52 Å². The smallest absolute Gasteiger partial charge is 0.261 e. The molecule has 0 heterocycles. The van der Waals surface area contributed by atoms with E-state index in [1.165, 1.54) is 12.1 Å². The summed E-state index contributed by atoms with van der Waals surface area (Å²) in [4.78, 5) is 12.6. The Morgan fingerprint density at radius 3 is 2.33 bits per heavy atom. The highest BCUT2D eigenvalue weighted by Gasteiger charge is 2.29. The van der Waals surface area contributed by atoms with Crippen molar-refractivity contribution in [2.45, 2.75) is 38.1 Å². The zero-order valence-corrected chi connectivity index (χ0v) is 16.9. The first kappa shape index (κ1) is 20.9. The number of nitrogens with one attached hydrogen (secondary N) is 2. The van der Waals surface area contributed by atoms with Crippen molar-refractivity contribution in [3.05, 3.63) is 59.7 Å². The lowest BCUT2D eigenvalue weighted by Gasteiger charge is -2.33. The van der Waals surface area contributed by atoms with Crippen LogP contribution >= 0.6 is 0 Å². The number of nitrogens with two attached hydrogens (primary N) is 1. The van der Waals surface area contributed by atoms with Gasteiger partial charge < -0.3 is 11.1 Å². The largest absolute Gasteiger partial charge is 0.345 e. The van der Waals surface area contributed by atoms with Crippen LogP contribution in [0.3, 0.4) is 0 Å². The first-order chi connectivity index (χ1) is 12.6. The molecule has 1 amide bonds. The quantitative estimate of drug-likeness (QED) is 0.678. The molecule has 146 valence electrons. The molecule has 0 saturated heterocycles. The van der Waals surface area contributed by atoms with Crippen LogP contribution < -0.4 is 15.8 Å². The van der Waals surface area contributed by atoms with Gasteiger partial charge in [-0.05, 0) is 50.1 Å². The number of amides is 1. The predicted octanol–water partition coefficient (Wildman–Crippen LogP) is 2.90. The van der Waals surface area contributed by atoms with Gasteiger partial charge in [0.15, 0.2) is 0 Å².